The minimum absolute atomic E-state index is 0.125. The lowest BCUT2D eigenvalue weighted by molar-refractivity contribution is -0.225. The van der Waals surface area contributed by atoms with Gasteiger partial charge in [-0.05, 0) is 6.07 Å². The number of carbonyl (C=O) groups is 1. The van der Waals surface area contributed by atoms with E-state index in [9.17, 15) is 18.0 Å². The SMILES string of the molecule is O=C(O)COC(c1ccccc1Cl)C(F)(F)F. The predicted molar refractivity (Wildman–Crippen MR) is 53.8 cm³/mol. The van der Waals surface area contributed by atoms with Crippen LogP contribution in [0.15, 0.2) is 24.3 Å². The maximum atomic E-state index is 12.7. The summed E-state index contributed by atoms with van der Waals surface area (Å²) in [5, 5.41) is 8.19. The zero-order chi connectivity index (χ0) is 13.1. The highest BCUT2D eigenvalue weighted by molar-refractivity contribution is 6.31. The normalized spacial score (nSPS) is 13.4. The molecule has 0 radical (unpaired) electrons. The summed E-state index contributed by atoms with van der Waals surface area (Å²) in [7, 11) is 0. The van der Waals surface area contributed by atoms with Crippen LogP contribution in [0, 0.1) is 0 Å². The topological polar surface area (TPSA) is 46.5 Å². The molecule has 0 fully saturated rings. The maximum Gasteiger partial charge on any atom is 0.418 e. The zero-order valence-electron chi connectivity index (χ0n) is 8.37. The lowest BCUT2D eigenvalue weighted by Gasteiger charge is -2.21. The summed E-state index contributed by atoms with van der Waals surface area (Å²) in [5.41, 5.74) is -0.303. The Bertz CT molecular complexity index is 406. The number of aliphatic carboxylic acids is 1. The summed E-state index contributed by atoms with van der Waals surface area (Å²) in [6, 6.07) is 5.25. The van der Waals surface area contributed by atoms with Gasteiger partial charge in [0.1, 0.15) is 6.61 Å². The third-order valence-electron chi connectivity index (χ3n) is 1.86. The summed E-state index contributed by atoms with van der Waals surface area (Å²) in [6.07, 6.45) is -7.06. The number of alkyl halides is 3. The van der Waals surface area contributed by atoms with Crippen LogP contribution >= 0.6 is 11.6 Å². The predicted octanol–water partition coefficient (Wildman–Crippen LogP) is 3.04. The number of carboxylic acids is 1. The van der Waals surface area contributed by atoms with Crippen molar-refractivity contribution in [3.63, 3.8) is 0 Å². The summed E-state index contributed by atoms with van der Waals surface area (Å²) >= 11 is 5.61. The molecular weight excluding hydrogens is 261 g/mol. The number of hydrogen-bond acceptors (Lipinski definition) is 2. The monoisotopic (exact) mass is 268 g/mol. The number of rotatable bonds is 4. The van der Waals surface area contributed by atoms with Crippen LogP contribution in [0.1, 0.15) is 11.7 Å². The summed E-state index contributed by atoms with van der Waals surface area (Å²) in [6.45, 7) is -1.05. The van der Waals surface area contributed by atoms with E-state index in [-0.39, 0.29) is 10.6 Å². The Morgan fingerprint density at radius 3 is 2.47 bits per heavy atom. The molecule has 94 valence electrons. The van der Waals surface area contributed by atoms with Crippen LogP contribution in [0.2, 0.25) is 5.02 Å². The summed E-state index contributed by atoms with van der Waals surface area (Å²) in [4.78, 5) is 10.2. The van der Waals surface area contributed by atoms with Crippen molar-refractivity contribution >= 4 is 17.6 Å². The van der Waals surface area contributed by atoms with Gasteiger partial charge < -0.3 is 9.84 Å². The highest BCUT2D eigenvalue weighted by Crippen LogP contribution is 2.38. The van der Waals surface area contributed by atoms with Crippen molar-refractivity contribution in [3.05, 3.63) is 34.9 Å². The Balaban J connectivity index is 2.99. The summed E-state index contributed by atoms with van der Waals surface area (Å²) < 4.78 is 42.3. The van der Waals surface area contributed by atoms with Crippen molar-refractivity contribution in [3.8, 4) is 0 Å². The van der Waals surface area contributed by atoms with E-state index in [4.69, 9.17) is 16.7 Å². The number of benzene rings is 1. The highest BCUT2D eigenvalue weighted by Gasteiger charge is 2.43. The molecule has 0 aliphatic carbocycles. The molecule has 0 bridgehead atoms. The van der Waals surface area contributed by atoms with Crippen LogP contribution in [0.4, 0.5) is 13.2 Å². The van der Waals surface area contributed by atoms with Gasteiger partial charge in [-0.25, -0.2) is 4.79 Å². The molecule has 0 spiro atoms. The highest BCUT2D eigenvalue weighted by atomic mass is 35.5. The summed E-state index contributed by atoms with van der Waals surface area (Å²) in [5.74, 6) is -1.48. The molecule has 7 heteroatoms. The first-order chi connectivity index (χ1) is 7.82. The Labute approximate surface area is 99.8 Å². The molecule has 0 heterocycles. The molecule has 1 rings (SSSR count). The van der Waals surface area contributed by atoms with Crippen LogP contribution in [0.5, 0.6) is 0 Å². The molecule has 0 amide bonds. The third kappa shape index (κ3) is 3.90. The van der Waals surface area contributed by atoms with Crippen LogP contribution in [-0.2, 0) is 9.53 Å². The Morgan fingerprint density at radius 1 is 1.41 bits per heavy atom. The van der Waals surface area contributed by atoms with E-state index in [1.807, 2.05) is 0 Å². The minimum Gasteiger partial charge on any atom is -0.480 e. The zero-order valence-corrected chi connectivity index (χ0v) is 9.13. The smallest absolute Gasteiger partial charge is 0.418 e. The van der Waals surface area contributed by atoms with E-state index in [0.29, 0.717) is 0 Å². The average molecular weight is 269 g/mol. The molecule has 1 unspecified atom stereocenters. The van der Waals surface area contributed by atoms with E-state index in [0.717, 1.165) is 6.07 Å². The molecule has 0 aromatic heterocycles. The fourth-order valence-electron chi connectivity index (χ4n) is 1.20. The van der Waals surface area contributed by atoms with E-state index in [2.05, 4.69) is 4.74 Å². The lowest BCUT2D eigenvalue weighted by Crippen LogP contribution is -2.26. The van der Waals surface area contributed by atoms with Gasteiger partial charge in [0.2, 0.25) is 0 Å². The van der Waals surface area contributed by atoms with Gasteiger partial charge in [0, 0.05) is 10.6 Å². The number of carboxylic acid groups (broad SMARTS) is 1. The molecule has 3 nitrogen and oxygen atoms in total. The van der Waals surface area contributed by atoms with Gasteiger partial charge in [-0.3, -0.25) is 0 Å². The first-order valence-corrected chi connectivity index (χ1v) is 4.84. The van der Waals surface area contributed by atoms with Gasteiger partial charge in [-0.15, -0.1) is 0 Å². The van der Waals surface area contributed by atoms with Crippen molar-refractivity contribution in [2.24, 2.45) is 0 Å². The largest absolute Gasteiger partial charge is 0.480 e. The number of halogens is 4. The molecule has 0 saturated heterocycles. The molecular formula is C10H8ClF3O3. The van der Waals surface area contributed by atoms with E-state index in [1.54, 1.807) is 0 Å². The van der Waals surface area contributed by atoms with Crippen LogP contribution in [-0.4, -0.2) is 23.9 Å². The number of ether oxygens (including phenoxy) is 1. The van der Waals surface area contributed by atoms with Crippen LogP contribution < -0.4 is 0 Å². The molecule has 0 saturated carbocycles. The second-order valence-corrected chi connectivity index (χ2v) is 3.56. The van der Waals surface area contributed by atoms with Crippen molar-refractivity contribution in [1.29, 1.82) is 0 Å². The van der Waals surface area contributed by atoms with Gasteiger partial charge in [0.15, 0.2) is 6.10 Å². The average Bonchev–Trinajstić information content (AvgIpc) is 2.18. The molecule has 0 aliphatic rings. The Hall–Kier alpha value is -1.27. The molecule has 0 aliphatic heterocycles. The van der Waals surface area contributed by atoms with Crippen LogP contribution in [0.25, 0.3) is 0 Å². The van der Waals surface area contributed by atoms with Gasteiger partial charge >= 0.3 is 12.1 Å². The fraction of sp³-hybridized carbons (Fsp3) is 0.300. The third-order valence-corrected chi connectivity index (χ3v) is 2.20. The van der Waals surface area contributed by atoms with Gasteiger partial charge in [-0.1, -0.05) is 29.8 Å². The molecule has 1 aromatic carbocycles. The van der Waals surface area contributed by atoms with E-state index >= 15 is 0 Å². The Kier molecular flexibility index (Phi) is 4.36. The fourth-order valence-corrected chi connectivity index (χ4v) is 1.44. The van der Waals surface area contributed by atoms with Gasteiger partial charge in [0.25, 0.3) is 0 Å². The Morgan fingerprint density at radius 2 is 2.00 bits per heavy atom. The van der Waals surface area contributed by atoms with E-state index < -0.39 is 24.9 Å². The standard InChI is InChI=1S/C10H8ClF3O3/c11-7-4-2-1-3-6(7)9(10(12,13)14)17-5-8(15)16/h1-4,9H,5H2,(H,15,16). The molecule has 1 aromatic rings. The van der Waals surface area contributed by atoms with Crippen molar-refractivity contribution in [2.75, 3.05) is 6.61 Å². The lowest BCUT2D eigenvalue weighted by atomic mass is 10.1. The number of hydrogen-bond donors (Lipinski definition) is 1. The maximum absolute atomic E-state index is 12.7. The van der Waals surface area contributed by atoms with Gasteiger partial charge in [0.05, 0.1) is 0 Å². The van der Waals surface area contributed by atoms with Crippen molar-refractivity contribution in [2.45, 2.75) is 12.3 Å². The second kappa shape index (κ2) is 5.37. The van der Waals surface area contributed by atoms with Crippen molar-refractivity contribution in [1.82, 2.24) is 0 Å². The quantitative estimate of drug-likeness (QED) is 0.913. The van der Waals surface area contributed by atoms with E-state index in [1.165, 1.54) is 18.2 Å². The van der Waals surface area contributed by atoms with Gasteiger partial charge in [-0.2, -0.15) is 13.2 Å². The molecule has 17 heavy (non-hydrogen) atoms. The first-order valence-electron chi connectivity index (χ1n) is 4.47. The molecule has 1 N–H and O–H groups in total. The first kappa shape index (κ1) is 13.8. The second-order valence-electron chi connectivity index (χ2n) is 3.15. The van der Waals surface area contributed by atoms with Crippen LogP contribution in [0.3, 0.4) is 0 Å². The molecule has 1 atom stereocenters. The minimum atomic E-state index is -4.72. The van der Waals surface area contributed by atoms with Crippen molar-refractivity contribution < 1.29 is 27.8 Å².